The van der Waals surface area contributed by atoms with Gasteiger partial charge in [0.05, 0.1) is 18.2 Å². The molecule has 14 heavy (non-hydrogen) atoms. The molecule has 1 aromatic rings. The highest BCUT2D eigenvalue weighted by molar-refractivity contribution is 5.83. The summed E-state index contributed by atoms with van der Waals surface area (Å²) < 4.78 is 0. The van der Waals surface area contributed by atoms with E-state index >= 15 is 0 Å². The topological polar surface area (TPSA) is 23.6 Å². The number of carbonyl (C=O) groups is 1. The molecule has 1 aliphatic heterocycles. The van der Waals surface area contributed by atoms with Crippen LogP contribution >= 0.6 is 0 Å². The number of rotatable bonds is 1. The van der Waals surface area contributed by atoms with E-state index in [4.69, 9.17) is 0 Å². The molecule has 1 aromatic carbocycles. The monoisotopic (exact) mass is 190 g/mol. The van der Waals surface area contributed by atoms with Crippen LogP contribution in [0.1, 0.15) is 6.92 Å². The number of nitrogens with zero attached hydrogens (tertiary/aromatic N) is 2. The zero-order valence-electron chi connectivity index (χ0n) is 8.47. The minimum atomic E-state index is 0.0974. The van der Waals surface area contributed by atoms with Crippen LogP contribution in [0.15, 0.2) is 30.3 Å². The predicted molar refractivity (Wildman–Crippen MR) is 55.7 cm³/mol. The summed E-state index contributed by atoms with van der Waals surface area (Å²) >= 11 is 0. The molecule has 0 saturated carbocycles. The molecular weight excluding hydrogens is 176 g/mol. The van der Waals surface area contributed by atoms with E-state index in [9.17, 15) is 4.79 Å². The van der Waals surface area contributed by atoms with Gasteiger partial charge >= 0.3 is 0 Å². The van der Waals surface area contributed by atoms with E-state index in [1.165, 1.54) is 0 Å². The van der Waals surface area contributed by atoms with Crippen LogP contribution < -0.4 is 5.01 Å². The van der Waals surface area contributed by atoms with Crippen molar-refractivity contribution in [1.29, 1.82) is 0 Å². The van der Waals surface area contributed by atoms with Crippen LogP contribution in [0, 0.1) is 5.92 Å². The maximum atomic E-state index is 11.6. The smallest absolute Gasteiger partial charge is 0.245 e. The van der Waals surface area contributed by atoms with E-state index in [0.29, 0.717) is 0 Å². The lowest BCUT2D eigenvalue weighted by Gasteiger charge is -2.25. The normalized spacial score (nSPS) is 21.9. The molecule has 1 amide bonds. The Morgan fingerprint density at radius 1 is 1.29 bits per heavy atom. The number of para-hydroxylation sites is 1. The average Bonchev–Trinajstić information content (AvgIpc) is 2.47. The largest absolute Gasteiger partial charge is 0.282 e. The van der Waals surface area contributed by atoms with Gasteiger partial charge in [0.2, 0.25) is 5.91 Å². The van der Waals surface area contributed by atoms with Gasteiger partial charge in [-0.05, 0) is 12.1 Å². The number of amides is 1. The van der Waals surface area contributed by atoms with E-state index in [0.717, 1.165) is 12.2 Å². The number of hydrogen-bond acceptors (Lipinski definition) is 2. The molecule has 3 nitrogen and oxygen atoms in total. The Balaban J connectivity index is 2.26. The van der Waals surface area contributed by atoms with E-state index in [1.54, 1.807) is 5.01 Å². The second-order valence-corrected chi connectivity index (χ2v) is 3.68. The number of carbonyl (C=O) groups excluding carboxylic acids is 1. The zero-order valence-corrected chi connectivity index (χ0v) is 8.47. The summed E-state index contributed by atoms with van der Waals surface area (Å²) in [5, 5.41) is 3.70. The first kappa shape index (κ1) is 9.06. The molecule has 1 aliphatic rings. The van der Waals surface area contributed by atoms with Crippen LogP contribution in [0.5, 0.6) is 0 Å². The van der Waals surface area contributed by atoms with Gasteiger partial charge in [0.1, 0.15) is 0 Å². The second-order valence-electron chi connectivity index (χ2n) is 3.68. The van der Waals surface area contributed by atoms with Crippen molar-refractivity contribution in [2.45, 2.75) is 6.92 Å². The number of hydrogen-bond donors (Lipinski definition) is 0. The summed E-state index contributed by atoms with van der Waals surface area (Å²) in [5.41, 5.74) is 1.08. The fraction of sp³-hybridized carbons (Fsp3) is 0.364. The molecule has 0 spiro atoms. The number of anilines is 1. The molecule has 1 fully saturated rings. The average molecular weight is 190 g/mol. The van der Waals surface area contributed by atoms with E-state index in [2.05, 4.69) is 0 Å². The molecule has 2 rings (SSSR count). The minimum absolute atomic E-state index is 0.0974. The van der Waals surface area contributed by atoms with Gasteiger partial charge in [-0.25, -0.2) is 0 Å². The highest BCUT2D eigenvalue weighted by Crippen LogP contribution is 2.23. The summed E-state index contributed by atoms with van der Waals surface area (Å²) in [5.74, 6) is 0.286. The first-order valence-electron chi connectivity index (χ1n) is 4.80. The van der Waals surface area contributed by atoms with Gasteiger partial charge in [-0.15, -0.1) is 0 Å². The lowest BCUT2D eigenvalue weighted by Crippen LogP contribution is -2.35. The predicted octanol–water partition coefficient (Wildman–Crippen LogP) is 1.52. The van der Waals surface area contributed by atoms with Gasteiger partial charge in [-0.1, -0.05) is 25.1 Å². The summed E-state index contributed by atoms with van der Waals surface area (Å²) in [6.07, 6.45) is 0. The summed E-state index contributed by atoms with van der Waals surface area (Å²) in [7, 11) is 1.82. The molecule has 1 heterocycles. The fourth-order valence-electron chi connectivity index (χ4n) is 1.78. The van der Waals surface area contributed by atoms with Gasteiger partial charge in [0, 0.05) is 7.05 Å². The van der Waals surface area contributed by atoms with Gasteiger partial charge in [0.25, 0.3) is 0 Å². The molecule has 0 N–H and O–H groups in total. The third kappa shape index (κ3) is 1.35. The molecule has 1 unspecified atom stereocenters. The first-order chi connectivity index (χ1) is 6.70. The Morgan fingerprint density at radius 3 is 2.43 bits per heavy atom. The van der Waals surface area contributed by atoms with Gasteiger partial charge in [0.15, 0.2) is 0 Å². The standard InChI is InChI=1S/C11H14N2O/c1-9-8-13(12(2)11(9)14)10-6-4-3-5-7-10/h3-7,9H,8H2,1-2H3. The van der Waals surface area contributed by atoms with Crippen LogP contribution in [0.25, 0.3) is 0 Å². The van der Waals surface area contributed by atoms with Crippen molar-refractivity contribution in [3.63, 3.8) is 0 Å². The van der Waals surface area contributed by atoms with Gasteiger partial charge in [-0.3, -0.25) is 14.8 Å². The Morgan fingerprint density at radius 2 is 1.93 bits per heavy atom. The maximum Gasteiger partial charge on any atom is 0.245 e. The summed E-state index contributed by atoms with van der Waals surface area (Å²) in [4.78, 5) is 11.6. The van der Waals surface area contributed by atoms with Crippen LogP contribution in [0.2, 0.25) is 0 Å². The Bertz CT molecular complexity index is 336. The van der Waals surface area contributed by atoms with Crippen molar-refractivity contribution in [1.82, 2.24) is 5.01 Å². The Labute approximate surface area is 83.9 Å². The molecule has 0 radical (unpaired) electrons. The summed E-state index contributed by atoms with van der Waals surface area (Å²) in [6, 6.07) is 9.97. The Kier molecular flexibility index (Phi) is 2.15. The SMILES string of the molecule is CC1CN(c2ccccc2)N(C)C1=O. The quantitative estimate of drug-likeness (QED) is 0.670. The van der Waals surface area contributed by atoms with Crippen LogP contribution in [0.4, 0.5) is 5.69 Å². The second kappa shape index (κ2) is 3.33. The molecule has 1 saturated heterocycles. The number of hydrazine groups is 1. The van der Waals surface area contributed by atoms with Crippen LogP contribution in [-0.4, -0.2) is 24.5 Å². The van der Waals surface area contributed by atoms with Crippen molar-refractivity contribution in [3.8, 4) is 0 Å². The molecule has 0 aliphatic carbocycles. The van der Waals surface area contributed by atoms with E-state index in [1.807, 2.05) is 49.3 Å². The lowest BCUT2D eigenvalue weighted by atomic mass is 10.2. The highest BCUT2D eigenvalue weighted by atomic mass is 16.2. The Hall–Kier alpha value is -1.51. The van der Waals surface area contributed by atoms with Gasteiger partial charge < -0.3 is 0 Å². The third-order valence-corrected chi connectivity index (χ3v) is 2.60. The molecule has 74 valence electrons. The first-order valence-corrected chi connectivity index (χ1v) is 4.80. The zero-order chi connectivity index (χ0) is 10.1. The van der Waals surface area contributed by atoms with Crippen molar-refractivity contribution in [3.05, 3.63) is 30.3 Å². The highest BCUT2D eigenvalue weighted by Gasteiger charge is 2.32. The van der Waals surface area contributed by atoms with Crippen molar-refractivity contribution < 1.29 is 4.79 Å². The molecule has 3 heteroatoms. The minimum Gasteiger partial charge on any atom is -0.282 e. The molecule has 0 aromatic heterocycles. The summed E-state index contributed by atoms with van der Waals surface area (Å²) in [6.45, 7) is 2.74. The third-order valence-electron chi connectivity index (χ3n) is 2.60. The van der Waals surface area contributed by atoms with Crippen molar-refractivity contribution in [2.24, 2.45) is 5.92 Å². The molecule has 0 bridgehead atoms. The van der Waals surface area contributed by atoms with Crippen LogP contribution in [-0.2, 0) is 4.79 Å². The van der Waals surface area contributed by atoms with Crippen molar-refractivity contribution >= 4 is 11.6 Å². The number of benzene rings is 1. The van der Waals surface area contributed by atoms with Gasteiger partial charge in [-0.2, -0.15) is 0 Å². The van der Waals surface area contributed by atoms with Crippen LogP contribution in [0.3, 0.4) is 0 Å². The molecule has 1 atom stereocenters. The fourth-order valence-corrected chi connectivity index (χ4v) is 1.78. The van der Waals surface area contributed by atoms with E-state index in [-0.39, 0.29) is 11.8 Å². The van der Waals surface area contributed by atoms with Crippen molar-refractivity contribution in [2.75, 3.05) is 18.6 Å². The van der Waals surface area contributed by atoms with E-state index < -0.39 is 0 Å². The maximum absolute atomic E-state index is 11.6. The lowest BCUT2D eigenvalue weighted by molar-refractivity contribution is -0.129. The molecular formula is C11H14N2O.